The zero-order chi connectivity index (χ0) is 17.1. The van der Waals surface area contributed by atoms with Gasteiger partial charge in [-0.3, -0.25) is 0 Å². The fraction of sp³-hybridized carbons (Fsp3) is 0.200. The second-order valence-electron chi connectivity index (χ2n) is 4.80. The van der Waals surface area contributed by atoms with Crippen molar-refractivity contribution >= 4 is 10.0 Å². The van der Waals surface area contributed by atoms with E-state index in [9.17, 15) is 26.7 Å². The lowest BCUT2D eigenvalue weighted by Gasteiger charge is -2.14. The van der Waals surface area contributed by atoms with Gasteiger partial charge in [0.25, 0.3) is 0 Å². The second kappa shape index (κ2) is 6.69. The monoisotopic (exact) mass is 345 g/mol. The van der Waals surface area contributed by atoms with Crippen molar-refractivity contribution in [3.8, 4) is 0 Å². The molecular formula is C15H14F3NO3S. The normalized spacial score (nSPS) is 13.7. The van der Waals surface area contributed by atoms with Gasteiger partial charge in [0.2, 0.25) is 10.0 Å². The van der Waals surface area contributed by atoms with Gasteiger partial charge in [-0.25, -0.2) is 13.1 Å². The maximum absolute atomic E-state index is 12.6. The number of hydrogen-bond acceptors (Lipinski definition) is 3. The van der Waals surface area contributed by atoms with Crippen molar-refractivity contribution < 1.29 is 26.7 Å². The molecule has 0 radical (unpaired) electrons. The minimum Gasteiger partial charge on any atom is -0.387 e. The highest BCUT2D eigenvalue weighted by Gasteiger charge is 2.31. The summed E-state index contributed by atoms with van der Waals surface area (Å²) < 4.78 is 64.1. The van der Waals surface area contributed by atoms with E-state index in [1.54, 1.807) is 6.07 Å². The first-order chi connectivity index (χ1) is 10.7. The number of aliphatic hydroxyl groups excluding tert-OH is 1. The average Bonchev–Trinajstić information content (AvgIpc) is 2.53. The van der Waals surface area contributed by atoms with Gasteiger partial charge in [0, 0.05) is 6.54 Å². The van der Waals surface area contributed by atoms with Crippen LogP contribution in [0.15, 0.2) is 59.5 Å². The minimum absolute atomic E-state index is 0.0104. The zero-order valence-electron chi connectivity index (χ0n) is 11.8. The van der Waals surface area contributed by atoms with Crippen LogP contribution in [-0.4, -0.2) is 20.1 Å². The Morgan fingerprint density at radius 1 is 1.04 bits per heavy atom. The number of aliphatic hydroxyl groups is 1. The molecule has 0 aliphatic heterocycles. The van der Waals surface area contributed by atoms with Crippen molar-refractivity contribution in [2.75, 3.05) is 6.54 Å². The number of sulfonamides is 1. The molecule has 0 saturated carbocycles. The highest BCUT2D eigenvalue weighted by atomic mass is 32.2. The number of nitrogens with one attached hydrogen (secondary N) is 1. The van der Waals surface area contributed by atoms with E-state index < -0.39 is 34.4 Å². The first-order valence-corrected chi connectivity index (χ1v) is 8.08. The van der Waals surface area contributed by atoms with Gasteiger partial charge < -0.3 is 5.11 Å². The lowest BCUT2D eigenvalue weighted by molar-refractivity contribution is -0.137. The van der Waals surface area contributed by atoms with Crippen molar-refractivity contribution in [3.05, 3.63) is 65.7 Å². The molecule has 2 aromatic carbocycles. The summed E-state index contributed by atoms with van der Waals surface area (Å²) in [5, 5.41) is 9.93. The van der Waals surface area contributed by atoms with Crippen LogP contribution in [0.1, 0.15) is 17.2 Å². The topological polar surface area (TPSA) is 66.4 Å². The fourth-order valence-corrected chi connectivity index (χ4v) is 2.97. The molecule has 0 heterocycles. The van der Waals surface area contributed by atoms with E-state index in [1.807, 2.05) is 0 Å². The summed E-state index contributed by atoms with van der Waals surface area (Å²) in [4.78, 5) is 0.0104. The molecule has 0 spiro atoms. The van der Waals surface area contributed by atoms with Crippen LogP contribution in [0, 0.1) is 0 Å². The van der Waals surface area contributed by atoms with E-state index in [0.717, 1.165) is 18.2 Å². The van der Waals surface area contributed by atoms with E-state index in [0.29, 0.717) is 0 Å². The van der Waals surface area contributed by atoms with Gasteiger partial charge in [0.05, 0.1) is 16.6 Å². The number of halogens is 3. The van der Waals surface area contributed by atoms with Gasteiger partial charge in [-0.2, -0.15) is 13.2 Å². The molecule has 0 aliphatic rings. The largest absolute Gasteiger partial charge is 0.416 e. The molecule has 1 unspecified atom stereocenters. The standard InChI is InChI=1S/C15H14F3NO3S/c16-15(17,18)12-6-4-5-11(9-12)14(20)10-19-23(21,22)13-7-2-1-3-8-13/h1-9,14,19-20H,10H2. The Morgan fingerprint density at radius 2 is 1.70 bits per heavy atom. The zero-order valence-corrected chi connectivity index (χ0v) is 12.6. The molecule has 0 fully saturated rings. The SMILES string of the molecule is O=S(=O)(NCC(O)c1cccc(C(F)(F)F)c1)c1ccccc1. The van der Waals surface area contributed by atoms with E-state index in [2.05, 4.69) is 4.72 Å². The van der Waals surface area contributed by atoms with Crippen LogP contribution in [-0.2, 0) is 16.2 Å². The van der Waals surface area contributed by atoms with Gasteiger partial charge >= 0.3 is 6.18 Å². The fourth-order valence-electron chi connectivity index (χ4n) is 1.91. The smallest absolute Gasteiger partial charge is 0.387 e. The van der Waals surface area contributed by atoms with Gasteiger partial charge in [0.15, 0.2) is 0 Å². The average molecular weight is 345 g/mol. The minimum atomic E-state index is -4.53. The lowest BCUT2D eigenvalue weighted by atomic mass is 10.1. The van der Waals surface area contributed by atoms with Crippen molar-refractivity contribution in [2.24, 2.45) is 0 Å². The van der Waals surface area contributed by atoms with Gasteiger partial charge in [-0.1, -0.05) is 30.3 Å². The van der Waals surface area contributed by atoms with E-state index in [1.165, 1.54) is 30.3 Å². The van der Waals surface area contributed by atoms with Crippen LogP contribution in [0.5, 0.6) is 0 Å². The van der Waals surface area contributed by atoms with Crippen molar-refractivity contribution in [1.29, 1.82) is 0 Å². The molecule has 0 amide bonds. The van der Waals surface area contributed by atoms with Crippen LogP contribution in [0.3, 0.4) is 0 Å². The van der Waals surface area contributed by atoms with Gasteiger partial charge in [0.1, 0.15) is 0 Å². The Kier molecular flexibility index (Phi) is 5.08. The molecule has 1 atom stereocenters. The van der Waals surface area contributed by atoms with E-state index in [-0.39, 0.29) is 10.5 Å². The summed E-state index contributed by atoms with van der Waals surface area (Å²) in [6.45, 7) is -0.432. The third-order valence-electron chi connectivity index (χ3n) is 3.12. The first kappa shape index (κ1) is 17.5. The second-order valence-corrected chi connectivity index (χ2v) is 6.57. The molecule has 0 bridgehead atoms. The van der Waals surface area contributed by atoms with E-state index in [4.69, 9.17) is 0 Å². The highest BCUT2D eigenvalue weighted by Crippen LogP contribution is 2.30. The maximum Gasteiger partial charge on any atom is 0.416 e. The Morgan fingerprint density at radius 3 is 2.30 bits per heavy atom. The molecular weight excluding hydrogens is 331 g/mol. The molecule has 2 aromatic rings. The summed E-state index contributed by atoms with van der Waals surface area (Å²) in [5.74, 6) is 0. The van der Waals surface area contributed by atoms with Crippen LogP contribution in [0.2, 0.25) is 0 Å². The molecule has 4 nitrogen and oxygen atoms in total. The van der Waals surface area contributed by atoms with Crippen LogP contribution in [0.4, 0.5) is 13.2 Å². The molecule has 0 saturated heterocycles. The quantitative estimate of drug-likeness (QED) is 0.876. The van der Waals surface area contributed by atoms with Crippen LogP contribution < -0.4 is 4.72 Å². The van der Waals surface area contributed by atoms with Crippen molar-refractivity contribution in [2.45, 2.75) is 17.2 Å². The molecule has 23 heavy (non-hydrogen) atoms. The molecule has 2 N–H and O–H groups in total. The molecule has 0 aromatic heterocycles. The third-order valence-corrected chi connectivity index (χ3v) is 4.56. The summed E-state index contributed by atoms with van der Waals surface area (Å²) in [5.41, 5.74) is -0.921. The first-order valence-electron chi connectivity index (χ1n) is 6.60. The number of rotatable bonds is 5. The summed E-state index contributed by atoms with van der Waals surface area (Å²) in [6.07, 6.45) is -5.92. The third kappa shape index (κ3) is 4.54. The summed E-state index contributed by atoms with van der Waals surface area (Å²) in [6, 6.07) is 11.6. The lowest BCUT2D eigenvalue weighted by Crippen LogP contribution is -2.28. The van der Waals surface area contributed by atoms with Crippen LogP contribution >= 0.6 is 0 Å². The highest BCUT2D eigenvalue weighted by molar-refractivity contribution is 7.89. The van der Waals surface area contributed by atoms with E-state index >= 15 is 0 Å². The molecule has 124 valence electrons. The Bertz CT molecular complexity index is 761. The van der Waals surface area contributed by atoms with Crippen molar-refractivity contribution in [3.63, 3.8) is 0 Å². The predicted octanol–water partition coefficient (Wildman–Crippen LogP) is 2.72. The summed E-state index contributed by atoms with van der Waals surface area (Å²) >= 11 is 0. The van der Waals surface area contributed by atoms with Gasteiger partial charge in [-0.15, -0.1) is 0 Å². The molecule has 8 heteroatoms. The van der Waals surface area contributed by atoms with Crippen molar-refractivity contribution in [1.82, 2.24) is 4.72 Å². The number of benzene rings is 2. The Balaban J connectivity index is 2.10. The maximum atomic E-state index is 12.6. The summed E-state index contributed by atoms with van der Waals surface area (Å²) in [7, 11) is -3.83. The molecule has 0 aliphatic carbocycles. The number of alkyl halides is 3. The predicted molar refractivity (Wildman–Crippen MR) is 78.0 cm³/mol. The van der Waals surface area contributed by atoms with Crippen LogP contribution in [0.25, 0.3) is 0 Å². The number of hydrogen-bond donors (Lipinski definition) is 2. The van der Waals surface area contributed by atoms with Gasteiger partial charge in [-0.05, 0) is 29.8 Å². The Hall–Kier alpha value is -1.90. The Labute approximate surface area is 131 Å². The molecule has 2 rings (SSSR count).